The molecule has 3 nitrogen and oxygen atoms in total. The number of rotatable bonds is 4. The lowest BCUT2D eigenvalue weighted by atomic mass is 9.93. The minimum atomic E-state index is -0.228. The van der Waals surface area contributed by atoms with E-state index < -0.39 is 0 Å². The Labute approximate surface area is 90.5 Å². The zero-order chi connectivity index (χ0) is 11.3. The fourth-order valence-corrected chi connectivity index (χ4v) is 1.22. The average Bonchev–Trinajstić information content (AvgIpc) is 2.20. The van der Waals surface area contributed by atoms with E-state index in [0.717, 1.165) is 5.56 Å². The van der Waals surface area contributed by atoms with Crippen LogP contribution in [-0.4, -0.2) is 25.5 Å². The molecule has 0 bridgehead atoms. The molecule has 0 aliphatic heterocycles. The molecule has 0 atom stereocenters. The molecule has 0 spiro atoms. The van der Waals surface area contributed by atoms with Gasteiger partial charge in [0.15, 0.2) is 0 Å². The molecular formula is C11H13BO3. The smallest absolute Gasteiger partial charge is 0.306 e. The van der Waals surface area contributed by atoms with Crippen LogP contribution in [0.15, 0.2) is 18.2 Å². The van der Waals surface area contributed by atoms with Gasteiger partial charge in [-0.25, -0.2) is 0 Å². The first kappa shape index (κ1) is 11.6. The quantitative estimate of drug-likeness (QED) is 0.579. The molecule has 0 unspecified atom stereocenters. The predicted octanol–water partition coefficient (Wildman–Crippen LogP) is 0.682. The van der Waals surface area contributed by atoms with Gasteiger partial charge in [0.05, 0.1) is 6.61 Å². The lowest BCUT2D eigenvalue weighted by Gasteiger charge is -2.04. The van der Waals surface area contributed by atoms with Crippen molar-refractivity contribution < 1.29 is 14.6 Å². The first-order valence-electron chi connectivity index (χ1n) is 4.86. The summed E-state index contributed by atoms with van der Waals surface area (Å²) in [6, 6.07) is 4.97. The van der Waals surface area contributed by atoms with Gasteiger partial charge < -0.3 is 9.84 Å². The minimum Gasteiger partial charge on any atom is -0.509 e. The molecule has 4 heteroatoms. The number of ether oxygens (including phenoxy) is 1. The van der Waals surface area contributed by atoms with E-state index in [0.29, 0.717) is 24.9 Å². The van der Waals surface area contributed by atoms with Gasteiger partial charge in [0, 0.05) is 6.42 Å². The minimum absolute atomic E-state index is 0.0522. The number of benzene rings is 1. The van der Waals surface area contributed by atoms with Crippen molar-refractivity contribution in [1.29, 1.82) is 0 Å². The Morgan fingerprint density at radius 3 is 2.87 bits per heavy atom. The Bertz CT molecular complexity index is 350. The van der Waals surface area contributed by atoms with Crippen molar-refractivity contribution in [2.24, 2.45) is 0 Å². The van der Waals surface area contributed by atoms with Crippen LogP contribution < -0.4 is 5.46 Å². The van der Waals surface area contributed by atoms with Crippen LogP contribution in [0.5, 0.6) is 5.75 Å². The number of esters is 1. The third kappa shape index (κ3) is 3.66. The second-order valence-electron chi connectivity index (χ2n) is 3.20. The molecule has 0 saturated heterocycles. The van der Waals surface area contributed by atoms with Crippen molar-refractivity contribution in [2.75, 3.05) is 6.61 Å². The fourth-order valence-electron chi connectivity index (χ4n) is 1.22. The van der Waals surface area contributed by atoms with Gasteiger partial charge in [-0.1, -0.05) is 17.6 Å². The molecule has 1 aromatic rings. The van der Waals surface area contributed by atoms with E-state index in [2.05, 4.69) is 0 Å². The lowest BCUT2D eigenvalue weighted by Crippen LogP contribution is -2.06. The number of aryl methyl sites for hydroxylation is 1. The maximum atomic E-state index is 11.1. The van der Waals surface area contributed by atoms with E-state index >= 15 is 0 Å². The van der Waals surface area contributed by atoms with Crippen molar-refractivity contribution in [3.05, 3.63) is 23.8 Å². The van der Waals surface area contributed by atoms with Crippen LogP contribution in [0.2, 0.25) is 0 Å². The van der Waals surface area contributed by atoms with Gasteiger partial charge in [-0.15, -0.1) is 0 Å². The SMILES string of the molecule is [B]c1ccc(CCC(=O)OCC)cc1O. The summed E-state index contributed by atoms with van der Waals surface area (Å²) in [4.78, 5) is 11.1. The summed E-state index contributed by atoms with van der Waals surface area (Å²) in [5.74, 6) is -0.176. The number of phenolic OH excluding ortho intramolecular Hbond substituents is 1. The van der Waals surface area contributed by atoms with E-state index in [-0.39, 0.29) is 11.7 Å². The summed E-state index contributed by atoms with van der Waals surface area (Å²) in [5.41, 5.74) is 1.21. The van der Waals surface area contributed by atoms with Gasteiger partial charge in [-0.2, -0.15) is 0 Å². The molecule has 0 fully saturated rings. The van der Waals surface area contributed by atoms with Crippen molar-refractivity contribution in [1.82, 2.24) is 0 Å². The summed E-state index contributed by atoms with van der Waals surface area (Å²) in [6.07, 6.45) is 0.865. The van der Waals surface area contributed by atoms with E-state index in [1.807, 2.05) is 0 Å². The van der Waals surface area contributed by atoms with Crippen molar-refractivity contribution in [2.45, 2.75) is 19.8 Å². The molecule has 1 aromatic carbocycles. The number of aromatic hydroxyl groups is 1. The Morgan fingerprint density at radius 2 is 2.27 bits per heavy atom. The van der Waals surface area contributed by atoms with E-state index in [9.17, 15) is 9.90 Å². The topological polar surface area (TPSA) is 46.5 Å². The van der Waals surface area contributed by atoms with Gasteiger partial charge in [-0.3, -0.25) is 4.79 Å². The Balaban J connectivity index is 2.51. The van der Waals surface area contributed by atoms with E-state index in [4.69, 9.17) is 12.6 Å². The van der Waals surface area contributed by atoms with Gasteiger partial charge >= 0.3 is 5.97 Å². The van der Waals surface area contributed by atoms with Gasteiger partial charge in [0.25, 0.3) is 0 Å². The standard InChI is InChI=1S/C11H13BO3/c1-2-15-11(14)6-4-8-3-5-9(12)10(13)7-8/h3,5,7,13H,2,4,6H2,1H3. The van der Waals surface area contributed by atoms with Crippen molar-refractivity contribution in [3.8, 4) is 5.75 Å². The zero-order valence-electron chi connectivity index (χ0n) is 8.69. The molecular weight excluding hydrogens is 191 g/mol. The van der Waals surface area contributed by atoms with Crippen LogP contribution in [-0.2, 0) is 16.0 Å². The molecule has 0 heterocycles. The fraction of sp³-hybridized carbons (Fsp3) is 0.364. The van der Waals surface area contributed by atoms with E-state index in [1.54, 1.807) is 25.1 Å². The van der Waals surface area contributed by atoms with Crippen LogP contribution in [0.1, 0.15) is 18.9 Å². The lowest BCUT2D eigenvalue weighted by molar-refractivity contribution is -0.143. The molecule has 2 radical (unpaired) electrons. The highest BCUT2D eigenvalue weighted by molar-refractivity contribution is 6.34. The van der Waals surface area contributed by atoms with Gasteiger partial charge in [0.2, 0.25) is 0 Å². The predicted molar refractivity (Wildman–Crippen MR) is 58.4 cm³/mol. The Kier molecular flexibility index (Phi) is 4.22. The van der Waals surface area contributed by atoms with Crippen molar-refractivity contribution in [3.63, 3.8) is 0 Å². The maximum Gasteiger partial charge on any atom is 0.306 e. The highest BCUT2D eigenvalue weighted by Gasteiger charge is 2.03. The second kappa shape index (κ2) is 5.44. The number of carbonyl (C=O) groups is 1. The van der Waals surface area contributed by atoms with Crippen LogP contribution in [0.3, 0.4) is 0 Å². The summed E-state index contributed by atoms with van der Waals surface area (Å²) in [6.45, 7) is 2.17. The third-order valence-electron chi connectivity index (χ3n) is 2.02. The molecule has 78 valence electrons. The second-order valence-corrected chi connectivity index (χ2v) is 3.20. The van der Waals surface area contributed by atoms with Gasteiger partial charge in [0.1, 0.15) is 13.6 Å². The monoisotopic (exact) mass is 204 g/mol. The molecule has 0 aliphatic carbocycles. The molecule has 0 saturated carbocycles. The highest BCUT2D eigenvalue weighted by atomic mass is 16.5. The van der Waals surface area contributed by atoms with Crippen molar-refractivity contribution >= 4 is 19.3 Å². The van der Waals surface area contributed by atoms with Crippen LogP contribution in [0, 0.1) is 0 Å². The summed E-state index contributed by atoms with van der Waals surface area (Å²) in [5, 5.41) is 9.33. The van der Waals surface area contributed by atoms with Gasteiger partial charge in [-0.05, 0) is 25.0 Å². The van der Waals surface area contributed by atoms with E-state index in [1.165, 1.54) is 0 Å². The zero-order valence-corrected chi connectivity index (χ0v) is 8.69. The normalized spacial score (nSPS) is 9.93. The summed E-state index contributed by atoms with van der Waals surface area (Å²) >= 11 is 0. The number of carbonyl (C=O) groups excluding carboxylic acids is 1. The molecule has 0 amide bonds. The highest BCUT2D eigenvalue weighted by Crippen LogP contribution is 2.10. The number of phenols is 1. The summed E-state index contributed by atoms with van der Waals surface area (Å²) in [7, 11) is 5.45. The maximum absolute atomic E-state index is 11.1. The van der Waals surface area contributed by atoms with Crippen LogP contribution >= 0.6 is 0 Å². The van der Waals surface area contributed by atoms with Crippen LogP contribution in [0.4, 0.5) is 0 Å². The third-order valence-corrected chi connectivity index (χ3v) is 2.02. The van der Waals surface area contributed by atoms with Crippen LogP contribution in [0.25, 0.3) is 0 Å². The Morgan fingerprint density at radius 1 is 1.53 bits per heavy atom. The molecule has 0 aromatic heterocycles. The first-order valence-corrected chi connectivity index (χ1v) is 4.86. The molecule has 1 N–H and O–H groups in total. The number of hydrogen-bond acceptors (Lipinski definition) is 3. The largest absolute Gasteiger partial charge is 0.509 e. The molecule has 1 rings (SSSR count). The molecule has 0 aliphatic rings. The number of hydrogen-bond donors (Lipinski definition) is 1. The Hall–Kier alpha value is -1.45. The molecule has 15 heavy (non-hydrogen) atoms. The average molecular weight is 204 g/mol. The first-order chi connectivity index (χ1) is 7.13. The summed E-state index contributed by atoms with van der Waals surface area (Å²) < 4.78 is 4.79.